The van der Waals surface area contributed by atoms with Crippen LogP contribution in [-0.2, 0) is 0 Å². The highest BCUT2D eigenvalue weighted by atomic mass is 16.3. The Hall–Kier alpha value is -6.85. The normalized spacial score (nSPS) is 12.0. The highest BCUT2D eigenvalue weighted by Gasteiger charge is 2.18. The van der Waals surface area contributed by atoms with E-state index in [4.69, 9.17) is 19.4 Å². The van der Waals surface area contributed by atoms with E-state index in [1.54, 1.807) is 0 Å². The third kappa shape index (κ3) is 4.83. The molecule has 7 aromatic carbocycles. The van der Waals surface area contributed by atoms with Crippen LogP contribution in [0.25, 0.3) is 78.4 Å². The first-order valence-electron chi connectivity index (χ1n) is 16.7. The fourth-order valence-electron chi connectivity index (χ4n) is 6.98. The number of furan rings is 1. The molecule has 0 saturated carbocycles. The predicted molar refractivity (Wildman–Crippen MR) is 203 cm³/mol. The van der Waals surface area contributed by atoms with E-state index in [-0.39, 0.29) is 0 Å². The van der Waals surface area contributed by atoms with Crippen LogP contribution in [-0.4, -0.2) is 15.0 Å². The van der Waals surface area contributed by atoms with E-state index in [9.17, 15) is 0 Å². The molecule has 0 atom stereocenters. The van der Waals surface area contributed by atoms with Crippen LogP contribution in [0.2, 0.25) is 0 Å². The van der Waals surface area contributed by atoms with E-state index in [0.29, 0.717) is 17.5 Å². The molecule has 0 unspecified atom stereocenters. The van der Waals surface area contributed by atoms with E-state index in [0.717, 1.165) is 77.9 Å². The van der Waals surface area contributed by atoms with Crippen molar-refractivity contribution in [2.45, 2.75) is 0 Å². The second-order valence-corrected chi connectivity index (χ2v) is 12.5. The monoisotopic (exact) mass is 640 g/mol. The quantitative estimate of drug-likeness (QED) is 0.188. The average Bonchev–Trinajstić information content (AvgIpc) is 3.56. The summed E-state index contributed by atoms with van der Waals surface area (Å²) >= 11 is 0. The molecule has 10 rings (SSSR count). The van der Waals surface area contributed by atoms with Gasteiger partial charge in [0.05, 0.1) is 0 Å². The zero-order chi connectivity index (χ0) is 33.0. The number of hydrogen-bond acceptors (Lipinski definition) is 5. The minimum atomic E-state index is 0.590. The van der Waals surface area contributed by atoms with Crippen molar-refractivity contribution in [3.05, 3.63) is 170 Å². The van der Waals surface area contributed by atoms with E-state index in [1.165, 1.54) is 0 Å². The summed E-state index contributed by atoms with van der Waals surface area (Å²) in [4.78, 5) is 17.6. The Bertz CT molecular complexity index is 2620. The lowest BCUT2D eigenvalue weighted by Gasteiger charge is -2.26. The van der Waals surface area contributed by atoms with Gasteiger partial charge in [0.2, 0.25) is 0 Å². The molecule has 0 spiro atoms. The Kier molecular flexibility index (Phi) is 6.42. The van der Waals surface area contributed by atoms with Gasteiger partial charge in [0, 0.05) is 44.5 Å². The number of benzene rings is 7. The standard InChI is InChI=1S/C45H28N4O/c1-2-16-36(17-3-1)49-37-18-8-12-31(26-37)29-10-6-14-33(24-29)43-46-44(34-15-7-11-30(25-34)32-13-9-19-38(49)27-32)48-45(47-43)35-22-23-40-39-20-4-5-21-41(39)50-42(40)28-35/h1-28H. The second kappa shape index (κ2) is 11.4. The van der Waals surface area contributed by atoms with Crippen molar-refractivity contribution in [1.29, 1.82) is 0 Å². The summed E-state index contributed by atoms with van der Waals surface area (Å²) in [6.45, 7) is 0. The molecule has 5 nitrogen and oxygen atoms in total. The van der Waals surface area contributed by atoms with Crippen molar-refractivity contribution in [2.75, 3.05) is 4.90 Å². The van der Waals surface area contributed by atoms with Crippen molar-refractivity contribution >= 4 is 39.0 Å². The lowest BCUT2D eigenvalue weighted by atomic mass is 9.99. The first-order chi connectivity index (χ1) is 24.7. The molecule has 1 aliphatic heterocycles. The lowest BCUT2D eigenvalue weighted by Crippen LogP contribution is -2.10. The molecule has 0 fully saturated rings. The van der Waals surface area contributed by atoms with Crippen LogP contribution in [0.5, 0.6) is 0 Å². The smallest absolute Gasteiger partial charge is 0.164 e. The van der Waals surface area contributed by atoms with Gasteiger partial charge in [-0.25, -0.2) is 15.0 Å². The molecule has 0 N–H and O–H groups in total. The number of nitrogens with zero attached hydrogens (tertiary/aromatic N) is 4. The number of para-hydroxylation sites is 2. The van der Waals surface area contributed by atoms with Gasteiger partial charge >= 0.3 is 0 Å². The maximum absolute atomic E-state index is 6.25. The molecular weight excluding hydrogens is 613 g/mol. The Morgan fingerprint density at radius 3 is 1.40 bits per heavy atom. The summed E-state index contributed by atoms with van der Waals surface area (Å²) in [5, 5.41) is 2.16. The number of anilines is 3. The third-order valence-corrected chi connectivity index (χ3v) is 9.40. The molecule has 9 aromatic rings. The van der Waals surface area contributed by atoms with Crippen molar-refractivity contribution in [3.63, 3.8) is 0 Å². The minimum absolute atomic E-state index is 0.590. The van der Waals surface area contributed by atoms with Crippen molar-refractivity contribution in [3.8, 4) is 56.4 Å². The van der Waals surface area contributed by atoms with Gasteiger partial charge in [-0.1, -0.05) is 103 Å². The van der Waals surface area contributed by atoms with Gasteiger partial charge in [-0.3, -0.25) is 0 Å². The molecular formula is C45H28N4O. The molecule has 0 radical (unpaired) electrons. The summed E-state index contributed by atoms with van der Waals surface area (Å²) in [5.41, 5.74) is 11.9. The zero-order valence-corrected chi connectivity index (χ0v) is 26.9. The third-order valence-electron chi connectivity index (χ3n) is 9.40. The van der Waals surface area contributed by atoms with Gasteiger partial charge in [-0.15, -0.1) is 0 Å². The summed E-state index contributed by atoms with van der Waals surface area (Å²) in [5.74, 6) is 1.81. The van der Waals surface area contributed by atoms with E-state index < -0.39 is 0 Å². The molecule has 10 bridgehead atoms. The largest absolute Gasteiger partial charge is 0.456 e. The van der Waals surface area contributed by atoms with Gasteiger partial charge in [-0.2, -0.15) is 0 Å². The van der Waals surface area contributed by atoms with Crippen LogP contribution < -0.4 is 4.90 Å². The van der Waals surface area contributed by atoms with Gasteiger partial charge < -0.3 is 9.32 Å². The van der Waals surface area contributed by atoms with Crippen LogP contribution in [0.15, 0.2) is 174 Å². The number of fused-ring (bicyclic) bond motifs is 17. The van der Waals surface area contributed by atoms with Gasteiger partial charge in [-0.05, 0) is 89.0 Å². The molecule has 1 aliphatic rings. The van der Waals surface area contributed by atoms with E-state index in [2.05, 4.69) is 150 Å². The van der Waals surface area contributed by atoms with Gasteiger partial charge in [0.1, 0.15) is 11.2 Å². The molecule has 50 heavy (non-hydrogen) atoms. The second-order valence-electron chi connectivity index (χ2n) is 12.5. The van der Waals surface area contributed by atoms with Crippen LogP contribution >= 0.6 is 0 Å². The van der Waals surface area contributed by atoms with Gasteiger partial charge in [0.15, 0.2) is 17.5 Å². The zero-order valence-electron chi connectivity index (χ0n) is 26.9. The predicted octanol–water partition coefficient (Wildman–Crippen LogP) is 11.9. The molecule has 3 heterocycles. The summed E-state index contributed by atoms with van der Waals surface area (Å²) in [7, 11) is 0. The fourth-order valence-corrected chi connectivity index (χ4v) is 6.98. The molecule has 5 heteroatoms. The highest BCUT2D eigenvalue weighted by molar-refractivity contribution is 6.05. The number of rotatable bonds is 2. The van der Waals surface area contributed by atoms with Crippen molar-refractivity contribution in [1.82, 2.24) is 15.0 Å². The number of hydrogen-bond donors (Lipinski definition) is 0. The SMILES string of the molecule is c1ccc(N2c3cccc(c3)-c3cccc(c3)-c3nc(nc(-c4ccc5c(c4)oc4ccccc45)n3)-c3cccc(c3)-c3cccc2c3)cc1. The molecule has 0 aliphatic carbocycles. The minimum Gasteiger partial charge on any atom is -0.456 e. The first kappa shape index (κ1) is 28.2. The Balaban J connectivity index is 1.21. The summed E-state index contributed by atoms with van der Waals surface area (Å²) in [6.07, 6.45) is 0. The lowest BCUT2D eigenvalue weighted by molar-refractivity contribution is 0.669. The fraction of sp³-hybridized carbons (Fsp3) is 0. The summed E-state index contributed by atoms with van der Waals surface area (Å²) in [6, 6.07) is 59.1. The maximum atomic E-state index is 6.25. The topological polar surface area (TPSA) is 55.1 Å². The van der Waals surface area contributed by atoms with Crippen LogP contribution in [0.1, 0.15) is 0 Å². The first-order valence-corrected chi connectivity index (χ1v) is 16.7. The number of aromatic nitrogens is 3. The molecule has 2 aromatic heterocycles. The maximum Gasteiger partial charge on any atom is 0.164 e. The van der Waals surface area contributed by atoms with E-state index >= 15 is 0 Å². The Morgan fingerprint density at radius 2 is 0.780 bits per heavy atom. The van der Waals surface area contributed by atoms with Gasteiger partial charge in [0.25, 0.3) is 0 Å². The van der Waals surface area contributed by atoms with Crippen LogP contribution in [0.4, 0.5) is 17.1 Å². The van der Waals surface area contributed by atoms with Crippen molar-refractivity contribution < 1.29 is 4.42 Å². The summed E-state index contributed by atoms with van der Waals surface area (Å²) < 4.78 is 6.25. The molecule has 234 valence electrons. The van der Waals surface area contributed by atoms with Crippen LogP contribution in [0, 0.1) is 0 Å². The average molecular weight is 641 g/mol. The van der Waals surface area contributed by atoms with Crippen LogP contribution in [0.3, 0.4) is 0 Å². The molecule has 0 saturated heterocycles. The molecule has 0 amide bonds. The Morgan fingerprint density at radius 1 is 0.320 bits per heavy atom. The highest BCUT2D eigenvalue weighted by Crippen LogP contribution is 2.39. The van der Waals surface area contributed by atoms with Crippen molar-refractivity contribution in [2.24, 2.45) is 0 Å². The van der Waals surface area contributed by atoms with E-state index in [1.807, 2.05) is 24.3 Å². The Labute approximate surface area is 288 Å².